The Labute approximate surface area is 287 Å². The van der Waals surface area contributed by atoms with E-state index in [1.807, 2.05) is 77.7 Å². The zero-order valence-electron chi connectivity index (χ0n) is 27.9. The van der Waals surface area contributed by atoms with E-state index >= 15 is 4.79 Å². The van der Waals surface area contributed by atoms with Gasteiger partial charge in [0.2, 0.25) is 17.7 Å². The third-order valence-electron chi connectivity index (χ3n) is 11.0. The summed E-state index contributed by atoms with van der Waals surface area (Å²) in [5, 5.41) is 13.8. The zero-order valence-corrected chi connectivity index (χ0v) is 27.9. The predicted molar refractivity (Wildman–Crippen MR) is 180 cm³/mol. The summed E-state index contributed by atoms with van der Waals surface area (Å²) in [5.74, 6) is -3.65. The van der Waals surface area contributed by atoms with Crippen molar-refractivity contribution >= 4 is 23.7 Å². The molecule has 2 saturated heterocycles. The summed E-state index contributed by atoms with van der Waals surface area (Å²) < 4.78 is 13.2. The Kier molecular flexibility index (Phi) is 9.44. The molecule has 2 N–H and O–H groups in total. The number of carbonyl (C=O) groups is 4. The van der Waals surface area contributed by atoms with E-state index in [4.69, 9.17) is 9.47 Å². The van der Waals surface area contributed by atoms with E-state index in [0.29, 0.717) is 24.1 Å². The fraction of sp³-hybridized carbons (Fsp3) is 0.487. The predicted octanol–water partition coefficient (Wildman–Crippen LogP) is 4.17. The minimum atomic E-state index is -1.49. The van der Waals surface area contributed by atoms with Gasteiger partial charge in [-0.2, -0.15) is 0 Å². The molecule has 3 amide bonds. The zero-order chi connectivity index (χ0) is 34.1. The maximum absolute atomic E-state index is 15.0. The van der Waals surface area contributed by atoms with Crippen LogP contribution in [-0.2, 0) is 28.7 Å². The van der Waals surface area contributed by atoms with E-state index in [1.165, 1.54) is 4.90 Å². The molecule has 1 aliphatic carbocycles. The highest BCUT2D eigenvalue weighted by Gasteiger charge is 2.73. The van der Waals surface area contributed by atoms with Crippen LogP contribution in [0.3, 0.4) is 0 Å². The third kappa shape index (κ3) is 5.99. The molecule has 2 aromatic rings. The summed E-state index contributed by atoms with van der Waals surface area (Å²) in [4.78, 5) is 60.8. The number of rotatable bonds is 5. The van der Waals surface area contributed by atoms with Gasteiger partial charge in [0.1, 0.15) is 23.7 Å². The number of fused-ring (bicyclic) bond motifs is 2. The quantitative estimate of drug-likeness (QED) is 0.362. The fourth-order valence-corrected chi connectivity index (χ4v) is 8.75. The van der Waals surface area contributed by atoms with E-state index in [-0.39, 0.29) is 24.3 Å². The number of aliphatic hydroxyl groups is 1. The average molecular weight is 668 g/mol. The van der Waals surface area contributed by atoms with Crippen LogP contribution in [0.4, 0.5) is 0 Å². The summed E-state index contributed by atoms with van der Waals surface area (Å²) in [6.07, 6.45) is 11.1. The number of allylic oxidation sites excluding steroid dienone is 1. The first-order valence-corrected chi connectivity index (χ1v) is 17.7. The van der Waals surface area contributed by atoms with Gasteiger partial charge in [0.15, 0.2) is 0 Å². The number of ether oxygens (including phenoxy) is 2. The second-order valence-corrected chi connectivity index (χ2v) is 14.0. The van der Waals surface area contributed by atoms with Crippen molar-refractivity contribution < 1.29 is 33.8 Å². The van der Waals surface area contributed by atoms with Crippen molar-refractivity contribution in [3.63, 3.8) is 0 Å². The summed E-state index contributed by atoms with van der Waals surface area (Å²) in [5.41, 5.74) is -0.0958. The molecule has 8 atom stereocenters. The number of benzene rings is 2. The van der Waals surface area contributed by atoms with Crippen molar-refractivity contribution in [3.8, 4) is 0 Å². The van der Waals surface area contributed by atoms with Crippen LogP contribution >= 0.6 is 0 Å². The molecule has 49 heavy (non-hydrogen) atoms. The van der Waals surface area contributed by atoms with Crippen LogP contribution in [0, 0.1) is 11.8 Å². The lowest BCUT2D eigenvalue weighted by atomic mass is 9.77. The number of esters is 1. The molecule has 0 aromatic heterocycles. The smallest absolute Gasteiger partial charge is 0.313 e. The van der Waals surface area contributed by atoms with E-state index in [9.17, 15) is 19.5 Å². The normalized spacial score (nSPS) is 33.7. The van der Waals surface area contributed by atoms with Crippen LogP contribution in [-0.4, -0.2) is 81.6 Å². The van der Waals surface area contributed by atoms with Crippen molar-refractivity contribution in [2.24, 2.45) is 11.8 Å². The van der Waals surface area contributed by atoms with E-state index in [0.717, 1.165) is 32.1 Å². The Bertz CT molecular complexity index is 1610. The second-order valence-electron chi connectivity index (χ2n) is 14.0. The lowest BCUT2D eigenvalue weighted by molar-refractivity contribution is -0.162. The summed E-state index contributed by atoms with van der Waals surface area (Å²) in [7, 11) is 0. The van der Waals surface area contributed by atoms with Gasteiger partial charge in [0.25, 0.3) is 0 Å². The molecule has 0 bridgehead atoms. The number of amides is 3. The fourth-order valence-electron chi connectivity index (χ4n) is 8.75. The minimum absolute atomic E-state index is 0.0268. The molecule has 7 rings (SSSR count). The van der Waals surface area contributed by atoms with Gasteiger partial charge in [-0.3, -0.25) is 19.2 Å². The second kappa shape index (κ2) is 13.9. The highest BCUT2D eigenvalue weighted by atomic mass is 16.6. The van der Waals surface area contributed by atoms with Gasteiger partial charge in [0, 0.05) is 19.0 Å². The first kappa shape index (κ1) is 33.2. The molecule has 0 radical (unpaired) electrons. The molecule has 2 aromatic carbocycles. The largest absolute Gasteiger partial charge is 0.455 e. The molecule has 4 heterocycles. The average Bonchev–Trinajstić information content (AvgIpc) is 3.51. The SMILES string of the molecule is C[C@@H]1NC(=O)CC/C=C\[C@@H]2O[C@@]34C=CCN(C5CCCCC5)C(=O)[C@@H]3N([C@H](CO)c3ccccc3)C(=O)[C@H]4[C@@H]2C(=O)O[C@H]1c1ccccc1. The van der Waals surface area contributed by atoms with Crippen molar-refractivity contribution in [1.82, 2.24) is 15.1 Å². The van der Waals surface area contributed by atoms with E-state index < -0.39 is 66.3 Å². The molecule has 4 aliphatic heterocycles. The third-order valence-corrected chi connectivity index (χ3v) is 11.0. The standard InChI is InChI=1S/C39H45N3O7/c1-25-34(27-16-7-3-8-17-27)48-38(47)32-30(20-11-12-21-31(44)40-25)49-39-22-13-23-41(28-18-9-4-10-19-28)37(46)35(39)42(36(45)33(32)39)29(24-43)26-14-5-2-6-15-26/h2-3,5-8,11,13-17,20,22,25,28-30,32-35,43H,4,9-10,12,18-19,21,23-24H2,1H3,(H,40,44)/b20-11-/t25-,29+,30-,32+,33+,34+,35-,39+/m0/s1. The van der Waals surface area contributed by atoms with Crippen LogP contribution in [0.25, 0.3) is 0 Å². The first-order valence-electron chi connectivity index (χ1n) is 17.7. The molecule has 10 heteroatoms. The van der Waals surface area contributed by atoms with Crippen LogP contribution in [0.1, 0.15) is 75.1 Å². The number of likely N-dealkylation sites (tertiary alicyclic amines) is 1. The Balaban J connectivity index is 1.34. The number of hydrogen-bond donors (Lipinski definition) is 2. The summed E-state index contributed by atoms with van der Waals surface area (Å²) in [6.45, 7) is 1.75. The van der Waals surface area contributed by atoms with Gasteiger partial charge in [0.05, 0.1) is 30.7 Å². The Morgan fingerprint density at radius 2 is 1.65 bits per heavy atom. The molecule has 10 nitrogen and oxygen atoms in total. The Morgan fingerprint density at radius 1 is 0.939 bits per heavy atom. The monoisotopic (exact) mass is 667 g/mol. The Hall–Kier alpha value is -4.28. The van der Waals surface area contributed by atoms with Crippen LogP contribution in [0.15, 0.2) is 85.0 Å². The molecule has 3 fully saturated rings. The summed E-state index contributed by atoms with van der Waals surface area (Å²) in [6, 6.07) is 16.0. The van der Waals surface area contributed by atoms with Gasteiger partial charge >= 0.3 is 5.97 Å². The molecule has 258 valence electrons. The lowest BCUT2D eigenvalue weighted by Gasteiger charge is -2.41. The van der Waals surface area contributed by atoms with Crippen molar-refractivity contribution in [2.45, 2.75) is 93.8 Å². The molecule has 1 spiro atoms. The van der Waals surface area contributed by atoms with Crippen LogP contribution < -0.4 is 5.32 Å². The molecule has 0 unspecified atom stereocenters. The van der Waals surface area contributed by atoms with Crippen molar-refractivity contribution in [3.05, 3.63) is 96.1 Å². The van der Waals surface area contributed by atoms with Gasteiger partial charge in [-0.25, -0.2) is 0 Å². The number of carbonyl (C=O) groups excluding carboxylic acids is 4. The van der Waals surface area contributed by atoms with Crippen LogP contribution in [0.5, 0.6) is 0 Å². The van der Waals surface area contributed by atoms with Gasteiger partial charge in [-0.05, 0) is 37.3 Å². The maximum Gasteiger partial charge on any atom is 0.313 e. The van der Waals surface area contributed by atoms with Gasteiger partial charge in [-0.15, -0.1) is 0 Å². The number of nitrogens with one attached hydrogen (secondary N) is 1. The van der Waals surface area contributed by atoms with Gasteiger partial charge in [-0.1, -0.05) is 104 Å². The number of cyclic esters (lactones) is 1. The topological polar surface area (TPSA) is 125 Å². The Morgan fingerprint density at radius 3 is 2.37 bits per heavy atom. The summed E-state index contributed by atoms with van der Waals surface area (Å²) >= 11 is 0. The lowest BCUT2D eigenvalue weighted by Crippen LogP contribution is -2.58. The van der Waals surface area contributed by atoms with Crippen molar-refractivity contribution in [2.75, 3.05) is 13.2 Å². The molecular formula is C39H45N3O7. The van der Waals surface area contributed by atoms with E-state index in [1.54, 1.807) is 19.1 Å². The number of aliphatic hydroxyl groups excluding tert-OH is 1. The highest BCUT2D eigenvalue weighted by Crippen LogP contribution is 2.55. The van der Waals surface area contributed by atoms with Crippen LogP contribution in [0.2, 0.25) is 0 Å². The molecule has 5 aliphatic rings. The highest BCUT2D eigenvalue weighted by molar-refractivity contribution is 5.99. The van der Waals surface area contributed by atoms with E-state index in [2.05, 4.69) is 5.32 Å². The number of hydrogen-bond acceptors (Lipinski definition) is 7. The number of nitrogens with zero attached hydrogens (tertiary/aromatic N) is 2. The molecule has 1 saturated carbocycles. The van der Waals surface area contributed by atoms with Crippen molar-refractivity contribution in [1.29, 1.82) is 0 Å². The minimum Gasteiger partial charge on any atom is -0.455 e. The molecular weight excluding hydrogens is 622 g/mol. The van der Waals surface area contributed by atoms with Gasteiger partial charge < -0.3 is 29.7 Å². The maximum atomic E-state index is 15.0. The first-order chi connectivity index (χ1) is 23.8.